The zero-order valence-corrected chi connectivity index (χ0v) is 12.9. The number of hydrogen-bond acceptors (Lipinski definition) is 5. The number of thiazole rings is 1. The molecule has 0 radical (unpaired) electrons. The summed E-state index contributed by atoms with van der Waals surface area (Å²) in [5.74, 6) is 0.655. The van der Waals surface area contributed by atoms with E-state index in [-0.39, 0.29) is 11.4 Å². The van der Waals surface area contributed by atoms with Crippen molar-refractivity contribution in [3.8, 4) is 5.75 Å². The summed E-state index contributed by atoms with van der Waals surface area (Å²) in [4.78, 5) is 4.43. The lowest BCUT2D eigenvalue weighted by atomic mass is 10.3. The topological polar surface area (TPSA) is 68.3 Å². The fourth-order valence-electron chi connectivity index (χ4n) is 1.61. The summed E-state index contributed by atoms with van der Waals surface area (Å²) < 4.78 is 32.0. The highest BCUT2D eigenvalue weighted by Gasteiger charge is 2.14. The van der Waals surface area contributed by atoms with Crippen LogP contribution in [0.5, 0.6) is 5.75 Å². The van der Waals surface area contributed by atoms with Crippen LogP contribution < -0.4 is 9.46 Å². The Morgan fingerprint density at radius 3 is 2.55 bits per heavy atom. The Bertz CT molecular complexity index is 663. The SMILES string of the molecule is CCOc1ccc(S(=O)(=O)NCc2nc(C)cs2)cc1. The Morgan fingerprint density at radius 2 is 2.00 bits per heavy atom. The molecule has 1 aromatic carbocycles. The van der Waals surface area contributed by atoms with Gasteiger partial charge in [-0.25, -0.2) is 18.1 Å². The molecule has 7 heteroatoms. The summed E-state index contributed by atoms with van der Waals surface area (Å²) in [5.41, 5.74) is 0.894. The van der Waals surface area contributed by atoms with Gasteiger partial charge in [0.1, 0.15) is 10.8 Å². The molecule has 1 N–H and O–H groups in total. The summed E-state index contributed by atoms with van der Waals surface area (Å²) in [6.45, 7) is 4.50. The highest BCUT2D eigenvalue weighted by Crippen LogP contribution is 2.16. The summed E-state index contributed by atoms with van der Waals surface area (Å²) in [6, 6.07) is 6.35. The Morgan fingerprint density at radius 1 is 1.30 bits per heavy atom. The van der Waals surface area contributed by atoms with Gasteiger partial charge in [-0.1, -0.05) is 0 Å². The quantitative estimate of drug-likeness (QED) is 0.889. The van der Waals surface area contributed by atoms with Crippen molar-refractivity contribution in [3.63, 3.8) is 0 Å². The predicted molar refractivity (Wildman–Crippen MR) is 78.5 cm³/mol. The van der Waals surface area contributed by atoms with E-state index in [2.05, 4.69) is 9.71 Å². The fourth-order valence-corrected chi connectivity index (χ4v) is 3.40. The lowest BCUT2D eigenvalue weighted by molar-refractivity contribution is 0.340. The predicted octanol–water partition coefficient (Wildman–Crippen LogP) is 2.33. The van der Waals surface area contributed by atoms with Gasteiger partial charge in [-0.2, -0.15) is 0 Å². The lowest BCUT2D eigenvalue weighted by Crippen LogP contribution is -2.23. The fraction of sp³-hybridized carbons (Fsp3) is 0.308. The highest BCUT2D eigenvalue weighted by molar-refractivity contribution is 7.89. The number of sulfonamides is 1. The molecule has 0 aliphatic carbocycles. The van der Waals surface area contributed by atoms with Crippen LogP contribution in [0.4, 0.5) is 0 Å². The second-order valence-corrected chi connectivity index (χ2v) is 6.82. The second kappa shape index (κ2) is 6.34. The molecule has 0 aliphatic heterocycles. The number of nitrogens with zero attached hydrogens (tertiary/aromatic N) is 1. The van der Waals surface area contributed by atoms with E-state index >= 15 is 0 Å². The van der Waals surface area contributed by atoms with Crippen molar-refractivity contribution in [2.45, 2.75) is 25.3 Å². The molecule has 0 amide bonds. The van der Waals surface area contributed by atoms with Gasteiger partial charge < -0.3 is 4.74 Å². The first-order chi connectivity index (χ1) is 9.51. The number of nitrogens with one attached hydrogen (secondary N) is 1. The Labute approximate surface area is 122 Å². The van der Waals surface area contributed by atoms with E-state index in [1.54, 1.807) is 12.1 Å². The van der Waals surface area contributed by atoms with Crippen LogP contribution in [0.1, 0.15) is 17.6 Å². The molecule has 1 aromatic heterocycles. The molecule has 0 unspecified atom stereocenters. The van der Waals surface area contributed by atoms with Crippen LogP contribution in [0.15, 0.2) is 34.5 Å². The highest BCUT2D eigenvalue weighted by atomic mass is 32.2. The van der Waals surface area contributed by atoms with Crippen molar-refractivity contribution in [3.05, 3.63) is 40.3 Å². The van der Waals surface area contributed by atoms with Crippen LogP contribution in [0.25, 0.3) is 0 Å². The van der Waals surface area contributed by atoms with Crippen LogP contribution in [0.3, 0.4) is 0 Å². The van der Waals surface area contributed by atoms with Crippen molar-refractivity contribution in [1.82, 2.24) is 9.71 Å². The molecule has 0 spiro atoms. The van der Waals surface area contributed by atoms with Crippen LogP contribution in [0, 0.1) is 6.92 Å². The summed E-state index contributed by atoms with van der Waals surface area (Å²) in [6.07, 6.45) is 0. The van der Waals surface area contributed by atoms with E-state index in [0.29, 0.717) is 12.4 Å². The van der Waals surface area contributed by atoms with Gasteiger partial charge in [-0.05, 0) is 38.1 Å². The van der Waals surface area contributed by atoms with Crippen molar-refractivity contribution in [1.29, 1.82) is 0 Å². The van der Waals surface area contributed by atoms with Gasteiger partial charge in [0, 0.05) is 11.1 Å². The monoisotopic (exact) mass is 312 g/mol. The van der Waals surface area contributed by atoms with Gasteiger partial charge >= 0.3 is 0 Å². The van der Waals surface area contributed by atoms with Crippen LogP contribution >= 0.6 is 11.3 Å². The van der Waals surface area contributed by atoms with E-state index in [0.717, 1.165) is 10.7 Å². The van der Waals surface area contributed by atoms with Gasteiger partial charge in [0.05, 0.1) is 18.0 Å². The molecule has 2 rings (SSSR count). The van der Waals surface area contributed by atoms with Gasteiger partial charge in [-0.15, -0.1) is 11.3 Å². The molecule has 108 valence electrons. The first-order valence-corrected chi connectivity index (χ1v) is 8.51. The molecule has 0 saturated heterocycles. The van der Waals surface area contributed by atoms with Crippen molar-refractivity contribution in [2.75, 3.05) is 6.61 Å². The molecule has 0 aliphatic rings. The maximum absolute atomic E-state index is 12.1. The zero-order valence-electron chi connectivity index (χ0n) is 11.3. The van der Waals surface area contributed by atoms with Gasteiger partial charge in [0.2, 0.25) is 10.0 Å². The van der Waals surface area contributed by atoms with Crippen molar-refractivity contribution in [2.24, 2.45) is 0 Å². The number of aryl methyl sites for hydroxylation is 1. The minimum atomic E-state index is -3.52. The Hall–Kier alpha value is -1.44. The van der Waals surface area contributed by atoms with Crippen LogP contribution in [0.2, 0.25) is 0 Å². The first kappa shape index (κ1) is 15.0. The van der Waals surface area contributed by atoms with Crippen LogP contribution in [-0.2, 0) is 16.6 Å². The zero-order chi connectivity index (χ0) is 14.6. The molecule has 1 heterocycles. The minimum absolute atomic E-state index is 0.202. The second-order valence-electron chi connectivity index (χ2n) is 4.11. The van der Waals surface area contributed by atoms with Crippen LogP contribution in [-0.4, -0.2) is 20.0 Å². The summed E-state index contributed by atoms with van der Waals surface area (Å²) >= 11 is 1.44. The Kier molecular flexibility index (Phi) is 4.74. The largest absolute Gasteiger partial charge is 0.494 e. The molecule has 2 aromatic rings. The number of ether oxygens (including phenoxy) is 1. The standard InChI is InChI=1S/C13H16N2O3S2/c1-3-18-11-4-6-12(7-5-11)20(16,17)14-8-13-15-10(2)9-19-13/h4-7,9,14H,3,8H2,1-2H3. The van der Waals surface area contributed by atoms with Gasteiger partial charge in [0.25, 0.3) is 0 Å². The maximum Gasteiger partial charge on any atom is 0.240 e. The number of aromatic nitrogens is 1. The van der Waals surface area contributed by atoms with E-state index < -0.39 is 10.0 Å². The van der Waals surface area contributed by atoms with E-state index in [1.165, 1.54) is 23.5 Å². The number of rotatable bonds is 6. The van der Waals surface area contributed by atoms with E-state index in [1.807, 2.05) is 19.2 Å². The smallest absolute Gasteiger partial charge is 0.240 e. The van der Waals surface area contributed by atoms with Crippen molar-refractivity contribution >= 4 is 21.4 Å². The average Bonchev–Trinajstić information content (AvgIpc) is 2.84. The first-order valence-electron chi connectivity index (χ1n) is 6.15. The molecule has 20 heavy (non-hydrogen) atoms. The minimum Gasteiger partial charge on any atom is -0.494 e. The molecule has 0 bridgehead atoms. The molecule has 0 saturated carbocycles. The lowest BCUT2D eigenvalue weighted by Gasteiger charge is -2.07. The van der Waals surface area contributed by atoms with E-state index in [4.69, 9.17) is 4.74 Å². The van der Waals surface area contributed by atoms with E-state index in [9.17, 15) is 8.42 Å². The molecule has 5 nitrogen and oxygen atoms in total. The third-order valence-corrected chi connectivity index (χ3v) is 4.91. The molecular formula is C13H16N2O3S2. The molecule has 0 atom stereocenters. The number of hydrogen-bond donors (Lipinski definition) is 1. The third kappa shape index (κ3) is 3.78. The third-order valence-electron chi connectivity index (χ3n) is 2.53. The van der Waals surface area contributed by atoms with Crippen molar-refractivity contribution < 1.29 is 13.2 Å². The van der Waals surface area contributed by atoms with Gasteiger partial charge in [0.15, 0.2) is 0 Å². The summed E-state index contributed by atoms with van der Waals surface area (Å²) in [7, 11) is -3.52. The van der Waals surface area contributed by atoms with Gasteiger partial charge in [-0.3, -0.25) is 0 Å². The normalized spacial score (nSPS) is 11.5. The Balaban J connectivity index is 2.05. The molecular weight excluding hydrogens is 296 g/mol. The summed E-state index contributed by atoms with van der Waals surface area (Å²) in [5, 5.41) is 2.64. The number of benzene rings is 1. The molecule has 0 fully saturated rings. The maximum atomic E-state index is 12.1. The average molecular weight is 312 g/mol.